The summed E-state index contributed by atoms with van der Waals surface area (Å²) < 4.78 is 64.1. The Morgan fingerprint density at radius 1 is 0.732 bits per heavy atom. The molecule has 0 aliphatic carbocycles. The van der Waals surface area contributed by atoms with Crippen molar-refractivity contribution in [1.82, 2.24) is 15.3 Å². The molecule has 2 aromatic heterocycles. The average molecular weight is 785 g/mol. The van der Waals surface area contributed by atoms with Crippen molar-refractivity contribution in [2.45, 2.75) is 54.5 Å². The molecule has 0 radical (unpaired) electrons. The predicted octanol–water partition coefficient (Wildman–Crippen LogP) is 6.53. The molecule has 56 heavy (non-hydrogen) atoms. The number of benzene rings is 3. The number of imide groups is 1. The van der Waals surface area contributed by atoms with E-state index in [1.807, 2.05) is 12.1 Å². The first-order chi connectivity index (χ1) is 26.6. The van der Waals surface area contributed by atoms with Crippen LogP contribution in [0.5, 0.6) is 0 Å². The number of pyridine rings is 2. The van der Waals surface area contributed by atoms with Crippen molar-refractivity contribution in [2.24, 2.45) is 0 Å². The molecule has 5 amide bonds. The van der Waals surface area contributed by atoms with Crippen LogP contribution in [0.1, 0.15) is 47.9 Å². The van der Waals surface area contributed by atoms with E-state index in [1.165, 1.54) is 24.8 Å². The van der Waals surface area contributed by atoms with Crippen LogP contribution in [0.2, 0.25) is 0 Å². The fourth-order valence-electron chi connectivity index (χ4n) is 6.88. The Bertz CT molecular complexity index is 2270. The quantitative estimate of drug-likeness (QED) is 0.120. The molecule has 1 aliphatic rings. The number of halogens is 3. The summed E-state index contributed by atoms with van der Waals surface area (Å²) in [5.41, 5.74) is -4.87. The molecule has 1 saturated heterocycles. The number of carbonyl (C=O) groups excluding carboxylic acids is 4. The zero-order valence-electron chi connectivity index (χ0n) is 29.9. The maximum Gasteiger partial charge on any atom is 0.501 e. The molecule has 1 aliphatic heterocycles. The van der Waals surface area contributed by atoms with Gasteiger partial charge in [0.1, 0.15) is 5.54 Å². The van der Waals surface area contributed by atoms with Crippen LogP contribution < -0.4 is 20.9 Å². The molecule has 3 N–H and O–H groups in total. The van der Waals surface area contributed by atoms with Crippen LogP contribution in [0.15, 0.2) is 127 Å². The van der Waals surface area contributed by atoms with E-state index in [1.54, 1.807) is 74.5 Å². The van der Waals surface area contributed by atoms with Crippen molar-refractivity contribution in [3.63, 3.8) is 0 Å². The van der Waals surface area contributed by atoms with Crippen LogP contribution in [-0.4, -0.2) is 53.2 Å². The minimum Gasteiger partial charge on any atom is -0.324 e. The summed E-state index contributed by atoms with van der Waals surface area (Å²) in [5, 5.41) is 8.58. The second-order valence-electron chi connectivity index (χ2n) is 13.2. The van der Waals surface area contributed by atoms with Gasteiger partial charge in [0.05, 0.1) is 47.2 Å². The first kappa shape index (κ1) is 39.3. The molecular formula is C40H35F3N6O6S. The second-order valence-corrected chi connectivity index (χ2v) is 15.1. The molecule has 2 unspecified atom stereocenters. The maximum absolute atomic E-state index is 15.0. The van der Waals surface area contributed by atoms with Crippen molar-refractivity contribution in [1.29, 1.82) is 0 Å². The number of nitrogens with one attached hydrogen (secondary N) is 3. The van der Waals surface area contributed by atoms with Crippen molar-refractivity contribution < 1.29 is 40.8 Å². The molecule has 0 bridgehead atoms. The number of amides is 5. The number of anilines is 3. The van der Waals surface area contributed by atoms with E-state index in [0.29, 0.717) is 23.3 Å². The Kier molecular flexibility index (Phi) is 11.0. The fraction of sp³-hybridized carbons (Fsp3) is 0.200. The van der Waals surface area contributed by atoms with Gasteiger partial charge >= 0.3 is 11.5 Å². The normalized spacial score (nSPS) is 16.8. The number of aromatic nitrogens is 2. The molecule has 3 aromatic carbocycles. The van der Waals surface area contributed by atoms with Crippen molar-refractivity contribution in [3.8, 4) is 0 Å². The third kappa shape index (κ3) is 7.73. The topological polar surface area (TPSA) is 168 Å². The highest BCUT2D eigenvalue weighted by Crippen LogP contribution is 2.47. The van der Waals surface area contributed by atoms with Crippen molar-refractivity contribution in [2.75, 3.05) is 15.5 Å². The van der Waals surface area contributed by atoms with Gasteiger partial charge in [0.2, 0.25) is 11.8 Å². The number of rotatable bonds is 12. The summed E-state index contributed by atoms with van der Waals surface area (Å²) >= 11 is 0. The summed E-state index contributed by atoms with van der Waals surface area (Å²) in [6, 6.07) is 23.4. The molecule has 5 aromatic rings. The highest BCUT2D eigenvalue weighted by Gasteiger charge is 2.59. The first-order valence-corrected chi connectivity index (χ1v) is 18.7. The SMILES string of the molecule is CC(c1ccncc1NC(=O)Cc1ccccc1)C1(C(C)c2ccncc2NC(=O)Cc2ccccc2)NC(=O)N(c2ccc(S(=O)(=O)C(F)(F)F)cc2)C1=O. The molecule has 1 fully saturated rings. The minimum atomic E-state index is -5.72. The number of urea groups is 1. The summed E-state index contributed by atoms with van der Waals surface area (Å²) in [4.78, 5) is 63.5. The largest absolute Gasteiger partial charge is 0.501 e. The average Bonchev–Trinajstić information content (AvgIpc) is 3.44. The predicted molar refractivity (Wildman–Crippen MR) is 201 cm³/mol. The van der Waals surface area contributed by atoms with Crippen LogP contribution in [0.4, 0.5) is 35.0 Å². The van der Waals surface area contributed by atoms with E-state index in [-0.39, 0.29) is 41.7 Å². The highest BCUT2D eigenvalue weighted by atomic mass is 32.2. The van der Waals surface area contributed by atoms with Gasteiger partial charge in [0, 0.05) is 24.2 Å². The lowest BCUT2D eigenvalue weighted by Gasteiger charge is -2.39. The molecule has 0 saturated carbocycles. The van der Waals surface area contributed by atoms with Gasteiger partial charge in [-0.15, -0.1) is 0 Å². The molecule has 16 heteroatoms. The van der Waals surface area contributed by atoms with Gasteiger partial charge in [0.25, 0.3) is 15.7 Å². The van der Waals surface area contributed by atoms with E-state index in [4.69, 9.17) is 0 Å². The smallest absolute Gasteiger partial charge is 0.324 e. The van der Waals surface area contributed by atoms with E-state index in [2.05, 4.69) is 25.9 Å². The van der Waals surface area contributed by atoms with Crippen molar-refractivity contribution in [3.05, 3.63) is 144 Å². The number of carbonyl (C=O) groups is 4. The fourth-order valence-corrected chi connectivity index (χ4v) is 7.65. The van der Waals surface area contributed by atoms with Gasteiger partial charge in [-0.25, -0.2) is 18.1 Å². The van der Waals surface area contributed by atoms with Crippen LogP contribution in [0.25, 0.3) is 0 Å². The molecule has 288 valence electrons. The van der Waals surface area contributed by atoms with E-state index >= 15 is 0 Å². The van der Waals surface area contributed by atoms with Crippen LogP contribution >= 0.6 is 0 Å². The monoisotopic (exact) mass is 784 g/mol. The van der Waals surface area contributed by atoms with Gasteiger partial charge in [-0.2, -0.15) is 13.2 Å². The van der Waals surface area contributed by atoms with Gasteiger partial charge in [0.15, 0.2) is 0 Å². The van der Waals surface area contributed by atoms with E-state index < -0.39 is 49.6 Å². The number of nitrogens with zero attached hydrogens (tertiary/aromatic N) is 3. The lowest BCUT2D eigenvalue weighted by Crippen LogP contribution is -2.55. The number of hydrogen-bond acceptors (Lipinski definition) is 8. The summed E-state index contributed by atoms with van der Waals surface area (Å²) in [6.07, 6.45) is 5.78. The van der Waals surface area contributed by atoms with Gasteiger partial charge < -0.3 is 16.0 Å². The molecule has 2 atom stereocenters. The Labute approximate surface area is 320 Å². The van der Waals surface area contributed by atoms with Crippen LogP contribution in [0.3, 0.4) is 0 Å². The zero-order chi connectivity index (χ0) is 40.3. The second kappa shape index (κ2) is 15.7. The van der Waals surface area contributed by atoms with Crippen LogP contribution in [0, 0.1) is 0 Å². The number of hydrogen-bond donors (Lipinski definition) is 3. The summed E-state index contributed by atoms with van der Waals surface area (Å²) in [6.45, 7) is 3.32. The number of alkyl halides is 3. The highest BCUT2D eigenvalue weighted by molar-refractivity contribution is 7.92. The van der Waals surface area contributed by atoms with Gasteiger partial charge in [-0.3, -0.25) is 24.4 Å². The summed E-state index contributed by atoms with van der Waals surface area (Å²) in [5.74, 6) is -3.52. The Hall–Kier alpha value is -6.42. The molecule has 3 heterocycles. The lowest BCUT2D eigenvalue weighted by atomic mass is 9.69. The van der Waals surface area contributed by atoms with Gasteiger partial charge in [-0.1, -0.05) is 74.5 Å². The Balaban J connectivity index is 1.41. The maximum atomic E-state index is 15.0. The molecule has 6 rings (SSSR count). The van der Waals surface area contributed by atoms with E-state index in [9.17, 15) is 40.8 Å². The standard InChI is InChI=1S/C40H35F3N6O6S/c1-25(31-17-19-44-23-33(31)46-35(50)21-27-9-5-3-6-10-27)39(26(2)32-18-20-45-24-34(32)47-36(51)22-28-11-7-4-8-12-28)37(52)49(38(53)48-39)29-13-15-30(16-14-29)56(54,55)40(41,42)43/h3-20,23-26H,21-22H2,1-2H3,(H,46,50)(H,47,51)(H,48,53). The van der Waals surface area contributed by atoms with Crippen LogP contribution in [-0.2, 0) is 37.1 Å². The van der Waals surface area contributed by atoms with Crippen molar-refractivity contribution >= 4 is 50.7 Å². The van der Waals surface area contributed by atoms with Gasteiger partial charge in [-0.05, 0) is 58.7 Å². The summed E-state index contributed by atoms with van der Waals surface area (Å²) in [7, 11) is -5.72. The Morgan fingerprint density at radius 2 is 1.18 bits per heavy atom. The Morgan fingerprint density at radius 3 is 1.61 bits per heavy atom. The third-order valence-electron chi connectivity index (χ3n) is 9.76. The minimum absolute atomic E-state index is 0.0255. The zero-order valence-corrected chi connectivity index (χ0v) is 30.8. The number of sulfone groups is 1. The molecule has 12 nitrogen and oxygen atoms in total. The third-order valence-corrected chi connectivity index (χ3v) is 11.3. The lowest BCUT2D eigenvalue weighted by molar-refractivity contribution is -0.123. The van der Waals surface area contributed by atoms with E-state index in [0.717, 1.165) is 28.2 Å². The molecule has 0 spiro atoms. The molecular weight excluding hydrogens is 750 g/mol. The first-order valence-electron chi connectivity index (χ1n) is 17.3.